The van der Waals surface area contributed by atoms with E-state index in [1.165, 1.54) is 17.4 Å². The molecule has 0 aliphatic carbocycles. The molecule has 0 saturated heterocycles. The Morgan fingerprint density at radius 3 is 2.67 bits per heavy atom. The number of amides is 1. The van der Waals surface area contributed by atoms with E-state index in [9.17, 15) is 13.6 Å². The topological polar surface area (TPSA) is 42.0 Å². The van der Waals surface area contributed by atoms with E-state index in [2.05, 4.69) is 10.3 Å². The Morgan fingerprint density at radius 2 is 1.92 bits per heavy atom. The Morgan fingerprint density at radius 1 is 1.12 bits per heavy atom. The number of rotatable bonds is 5. The molecule has 1 N–H and O–H groups in total. The van der Waals surface area contributed by atoms with E-state index in [0.717, 1.165) is 22.7 Å². The van der Waals surface area contributed by atoms with Gasteiger partial charge in [-0.1, -0.05) is 30.3 Å². The second-order valence-electron chi connectivity index (χ2n) is 5.24. The third-order valence-corrected chi connectivity index (χ3v) is 4.24. The Balaban J connectivity index is 1.61. The number of hydrogen-bond donors (Lipinski definition) is 1. The number of carbonyl (C=O) groups is 1. The maximum Gasteiger partial charge on any atom is 0.230 e. The molecule has 0 atom stereocenters. The fraction of sp³-hybridized carbons (Fsp3) is 0.111. The predicted octanol–water partition coefficient (Wildman–Crippen LogP) is 4.19. The highest BCUT2D eigenvalue weighted by Gasteiger charge is 2.11. The van der Waals surface area contributed by atoms with Crippen molar-refractivity contribution in [2.24, 2.45) is 0 Å². The Hall–Kier alpha value is -2.60. The van der Waals surface area contributed by atoms with Crippen molar-refractivity contribution >= 4 is 22.9 Å². The molecule has 0 radical (unpaired) electrons. The van der Waals surface area contributed by atoms with Gasteiger partial charge in [0.15, 0.2) is 0 Å². The van der Waals surface area contributed by atoms with Crippen molar-refractivity contribution in [3.05, 3.63) is 81.8 Å². The number of hydrogen-bond acceptors (Lipinski definition) is 3. The third-order valence-electron chi connectivity index (χ3n) is 3.34. The summed E-state index contributed by atoms with van der Waals surface area (Å²) in [7, 11) is 0. The first-order valence-corrected chi connectivity index (χ1v) is 8.20. The fourth-order valence-corrected chi connectivity index (χ4v) is 3.06. The average molecular weight is 344 g/mol. The smallest absolute Gasteiger partial charge is 0.230 e. The van der Waals surface area contributed by atoms with Crippen LogP contribution >= 0.6 is 11.3 Å². The monoisotopic (exact) mass is 344 g/mol. The number of aromatic nitrogens is 1. The van der Waals surface area contributed by atoms with Crippen LogP contribution in [-0.4, -0.2) is 10.9 Å². The van der Waals surface area contributed by atoms with Gasteiger partial charge in [0.05, 0.1) is 22.8 Å². The zero-order valence-corrected chi connectivity index (χ0v) is 13.4. The third kappa shape index (κ3) is 4.23. The maximum absolute atomic E-state index is 13.5. The van der Waals surface area contributed by atoms with Gasteiger partial charge >= 0.3 is 0 Å². The van der Waals surface area contributed by atoms with E-state index in [1.807, 2.05) is 35.7 Å². The van der Waals surface area contributed by atoms with Gasteiger partial charge in [-0.05, 0) is 17.7 Å². The van der Waals surface area contributed by atoms with Crippen LogP contribution in [0.25, 0.3) is 0 Å². The largest absolute Gasteiger partial charge is 0.323 e. The van der Waals surface area contributed by atoms with Crippen molar-refractivity contribution < 1.29 is 13.6 Å². The number of anilines is 1. The summed E-state index contributed by atoms with van der Waals surface area (Å²) in [6, 6.07) is 13.0. The van der Waals surface area contributed by atoms with Gasteiger partial charge in [0.1, 0.15) is 11.6 Å². The molecule has 122 valence electrons. The maximum atomic E-state index is 13.5. The van der Waals surface area contributed by atoms with Crippen molar-refractivity contribution in [2.45, 2.75) is 12.8 Å². The van der Waals surface area contributed by atoms with Gasteiger partial charge < -0.3 is 5.32 Å². The molecule has 0 unspecified atom stereocenters. The van der Waals surface area contributed by atoms with Gasteiger partial charge in [0, 0.05) is 17.9 Å². The highest BCUT2D eigenvalue weighted by atomic mass is 32.1. The molecule has 3 nitrogen and oxygen atoms in total. The predicted molar refractivity (Wildman–Crippen MR) is 90.1 cm³/mol. The standard InChI is InChI=1S/C18H14F2N2OS/c19-13-6-7-16(15(20)9-13)22-17(23)10-14-11-24-18(21-14)8-12-4-2-1-3-5-12/h1-7,9,11H,8,10H2,(H,22,23). The summed E-state index contributed by atoms with van der Waals surface area (Å²) in [6.07, 6.45) is 0.752. The van der Waals surface area contributed by atoms with Crippen LogP contribution in [0, 0.1) is 11.6 Å². The van der Waals surface area contributed by atoms with Crippen molar-refractivity contribution in [3.63, 3.8) is 0 Å². The second kappa shape index (κ2) is 7.31. The molecule has 0 saturated carbocycles. The molecule has 0 aliphatic heterocycles. The van der Waals surface area contributed by atoms with Gasteiger partial charge in [0.25, 0.3) is 0 Å². The van der Waals surface area contributed by atoms with Crippen LogP contribution in [0.2, 0.25) is 0 Å². The van der Waals surface area contributed by atoms with E-state index in [1.54, 1.807) is 0 Å². The molecule has 3 aromatic rings. The minimum Gasteiger partial charge on any atom is -0.323 e. The second-order valence-corrected chi connectivity index (χ2v) is 6.19. The molecule has 1 aromatic heterocycles. The summed E-state index contributed by atoms with van der Waals surface area (Å²) in [5, 5.41) is 5.16. The minimum absolute atomic E-state index is 0.0406. The normalized spacial score (nSPS) is 10.6. The lowest BCUT2D eigenvalue weighted by atomic mass is 10.2. The molecule has 0 fully saturated rings. The van der Waals surface area contributed by atoms with Crippen molar-refractivity contribution in [1.82, 2.24) is 4.98 Å². The lowest BCUT2D eigenvalue weighted by molar-refractivity contribution is -0.115. The van der Waals surface area contributed by atoms with Gasteiger partial charge in [-0.15, -0.1) is 11.3 Å². The van der Waals surface area contributed by atoms with Crippen LogP contribution in [0.4, 0.5) is 14.5 Å². The summed E-state index contributed by atoms with van der Waals surface area (Å²) < 4.78 is 26.4. The fourth-order valence-electron chi connectivity index (χ4n) is 2.23. The van der Waals surface area contributed by atoms with Gasteiger partial charge in [-0.3, -0.25) is 4.79 Å². The first-order chi connectivity index (χ1) is 11.6. The van der Waals surface area contributed by atoms with E-state index >= 15 is 0 Å². The highest BCUT2D eigenvalue weighted by molar-refractivity contribution is 7.09. The van der Waals surface area contributed by atoms with Gasteiger partial charge in [0.2, 0.25) is 5.91 Å². The quantitative estimate of drug-likeness (QED) is 0.754. The van der Waals surface area contributed by atoms with Crippen molar-refractivity contribution in [1.29, 1.82) is 0 Å². The zero-order chi connectivity index (χ0) is 16.9. The molecule has 3 rings (SSSR count). The number of carbonyl (C=O) groups excluding carboxylic acids is 1. The van der Waals surface area contributed by atoms with Gasteiger partial charge in [-0.2, -0.15) is 0 Å². The Kier molecular flexibility index (Phi) is 4.96. The van der Waals surface area contributed by atoms with Crippen LogP contribution < -0.4 is 5.32 Å². The summed E-state index contributed by atoms with van der Waals surface area (Å²) >= 11 is 1.48. The van der Waals surface area contributed by atoms with Crippen LogP contribution in [0.5, 0.6) is 0 Å². The number of nitrogens with one attached hydrogen (secondary N) is 1. The summed E-state index contributed by atoms with van der Waals surface area (Å²) in [4.78, 5) is 16.4. The molecule has 0 spiro atoms. The molecule has 2 aromatic carbocycles. The molecule has 0 bridgehead atoms. The summed E-state index contributed by atoms with van der Waals surface area (Å²) in [5.41, 5.74) is 1.74. The van der Waals surface area contributed by atoms with Crippen LogP contribution in [0.1, 0.15) is 16.3 Å². The van der Waals surface area contributed by atoms with Crippen LogP contribution in [0.15, 0.2) is 53.9 Å². The van der Waals surface area contributed by atoms with Crippen molar-refractivity contribution in [3.8, 4) is 0 Å². The first kappa shape index (κ1) is 16.3. The number of benzene rings is 2. The lowest BCUT2D eigenvalue weighted by Crippen LogP contribution is -2.15. The lowest BCUT2D eigenvalue weighted by Gasteiger charge is -2.05. The average Bonchev–Trinajstić information content (AvgIpc) is 2.98. The minimum atomic E-state index is -0.800. The zero-order valence-electron chi connectivity index (χ0n) is 12.6. The molecule has 0 aliphatic rings. The molecule has 1 amide bonds. The van der Waals surface area contributed by atoms with E-state index in [0.29, 0.717) is 12.1 Å². The van der Waals surface area contributed by atoms with Crippen LogP contribution in [0.3, 0.4) is 0 Å². The Bertz CT molecular complexity index is 849. The molecular weight excluding hydrogens is 330 g/mol. The van der Waals surface area contributed by atoms with Crippen LogP contribution in [-0.2, 0) is 17.6 Å². The summed E-state index contributed by atoms with van der Waals surface area (Å²) in [5.74, 6) is -1.88. The molecular formula is C18H14F2N2OS. The SMILES string of the molecule is O=C(Cc1csc(Cc2ccccc2)n1)Nc1ccc(F)cc1F. The van der Waals surface area contributed by atoms with Crippen molar-refractivity contribution in [2.75, 3.05) is 5.32 Å². The molecule has 24 heavy (non-hydrogen) atoms. The Labute approximate surface area is 142 Å². The molecule has 1 heterocycles. The first-order valence-electron chi connectivity index (χ1n) is 7.32. The number of halogens is 2. The highest BCUT2D eigenvalue weighted by Crippen LogP contribution is 2.17. The van der Waals surface area contributed by atoms with E-state index in [4.69, 9.17) is 0 Å². The number of nitrogens with zero attached hydrogens (tertiary/aromatic N) is 1. The van der Waals surface area contributed by atoms with Gasteiger partial charge in [-0.25, -0.2) is 13.8 Å². The molecule has 6 heteroatoms. The van der Waals surface area contributed by atoms with E-state index in [-0.39, 0.29) is 12.1 Å². The number of thiazole rings is 1. The summed E-state index contributed by atoms with van der Waals surface area (Å²) in [6.45, 7) is 0. The van der Waals surface area contributed by atoms with E-state index < -0.39 is 17.5 Å².